The van der Waals surface area contributed by atoms with Crippen LogP contribution < -0.4 is 20.3 Å². The molecule has 0 saturated heterocycles. The van der Waals surface area contributed by atoms with Crippen molar-refractivity contribution >= 4 is 34.9 Å². The average Bonchev–Trinajstić information content (AvgIpc) is 3.09. The number of carbonyl (C=O) groups is 3. The summed E-state index contributed by atoms with van der Waals surface area (Å²) in [4.78, 5) is 57.1. The number of non-ortho nitro benzene ring substituents is 2. The maximum atomic E-state index is 12.8. The number of carbonyl (C=O) groups excluding carboxylic acids is 1. The molecule has 0 fully saturated rings. The van der Waals surface area contributed by atoms with Gasteiger partial charge in [-0.05, 0) is 71.8 Å². The Bertz CT molecular complexity index is 2120. The Labute approximate surface area is 281 Å². The number of carboxylic acids is 2. The third-order valence-corrected chi connectivity index (χ3v) is 7.21. The fraction of sp³-hybridized carbons (Fsp3) is 0.0294. The normalized spacial score (nSPS) is 11.2. The standard InChI is InChI=1S/C34H24N4O12/c39-32(30-17-22(38(47)48)9-15-28(30)34(42)43)35-20-6-12-24(13-7-20)50-26-3-1-2-25(18-26)49-23-10-4-19(5-11-23)31(36-44)29-16-21(37(45)46)8-14-27(29)33(40)41/h1-18,31,36,44H,(H,35,39)(H,40,41)(H,42,43). The maximum absolute atomic E-state index is 12.8. The van der Waals surface area contributed by atoms with E-state index in [0.29, 0.717) is 28.6 Å². The van der Waals surface area contributed by atoms with Gasteiger partial charge in [-0.25, -0.2) is 9.59 Å². The Hall–Kier alpha value is -7.17. The predicted octanol–water partition coefficient (Wildman–Crippen LogP) is 6.80. The molecule has 1 atom stereocenters. The Morgan fingerprint density at radius 3 is 1.66 bits per heavy atom. The second-order valence-electron chi connectivity index (χ2n) is 10.4. The van der Waals surface area contributed by atoms with E-state index in [1.165, 1.54) is 24.3 Å². The molecule has 0 heterocycles. The zero-order valence-corrected chi connectivity index (χ0v) is 25.4. The molecule has 252 valence electrons. The highest BCUT2D eigenvalue weighted by atomic mass is 16.6. The third-order valence-electron chi connectivity index (χ3n) is 7.21. The van der Waals surface area contributed by atoms with Crippen molar-refractivity contribution in [1.82, 2.24) is 5.48 Å². The lowest BCUT2D eigenvalue weighted by Gasteiger charge is -2.18. The van der Waals surface area contributed by atoms with Crippen molar-refractivity contribution in [2.24, 2.45) is 0 Å². The largest absolute Gasteiger partial charge is 0.478 e. The number of hydrogen-bond acceptors (Lipinski definition) is 11. The monoisotopic (exact) mass is 680 g/mol. The smallest absolute Gasteiger partial charge is 0.336 e. The quantitative estimate of drug-likeness (QED) is 0.0635. The molecule has 5 rings (SSSR count). The summed E-state index contributed by atoms with van der Waals surface area (Å²) < 4.78 is 11.8. The summed E-state index contributed by atoms with van der Waals surface area (Å²) in [5.74, 6) is -2.09. The minimum atomic E-state index is -1.42. The summed E-state index contributed by atoms with van der Waals surface area (Å²) in [5.41, 5.74) is 0.892. The topological polar surface area (TPSA) is 241 Å². The molecule has 0 radical (unpaired) electrons. The fourth-order valence-electron chi connectivity index (χ4n) is 4.85. The van der Waals surface area contributed by atoms with Crippen molar-refractivity contribution in [1.29, 1.82) is 0 Å². The van der Waals surface area contributed by atoms with E-state index in [9.17, 15) is 50.0 Å². The Morgan fingerprint density at radius 1 is 0.620 bits per heavy atom. The van der Waals surface area contributed by atoms with Crippen LogP contribution in [-0.2, 0) is 0 Å². The number of rotatable bonds is 13. The van der Waals surface area contributed by atoms with Gasteiger partial charge in [-0.2, -0.15) is 5.48 Å². The third kappa shape index (κ3) is 7.85. The van der Waals surface area contributed by atoms with Crippen LogP contribution in [0.5, 0.6) is 23.0 Å². The first-order chi connectivity index (χ1) is 23.9. The van der Waals surface area contributed by atoms with Gasteiger partial charge in [0, 0.05) is 36.0 Å². The van der Waals surface area contributed by atoms with Gasteiger partial charge in [0.15, 0.2) is 0 Å². The first kappa shape index (κ1) is 34.2. The Kier molecular flexibility index (Phi) is 10.1. The number of hydrogen-bond donors (Lipinski definition) is 5. The highest BCUT2D eigenvalue weighted by Crippen LogP contribution is 2.32. The van der Waals surface area contributed by atoms with Crippen LogP contribution in [0.25, 0.3) is 0 Å². The molecule has 16 heteroatoms. The number of carboxylic acid groups (broad SMARTS) is 2. The fourth-order valence-corrected chi connectivity index (χ4v) is 4.85. The molecule has 0 aliphatic rings. The predicted molar refractivity (Wildman–Crippen MR) is 174 cm³/mol. The van der Waals surface area contributed by atoms with E-state index in [-0.39, 0.29) is 28.1 Å². The van der Waals surface area contributed by atoms with Gasteiger partial charge >= 0.3 is 11.9 Å². The zero-order valence-electron chi connectivity index (χ0n) is 25.4. The molecule has 0 saturated carbocycles. The van der Waals surface area contributed by atoms with Gasteiger partial charge in [0.05, 0.1) is 32.6 Å². The van der Waals surface area contributed by atoms with Gasteiger partial charge in [-0.15, -0.1) is 0 Å². The second kappa shape index (κ2) is 14.7. The number of nitro benzene ring substituents is 2. The van der Waals surface area contributed by atoms with Crippen molar-refractivity contribution in [3.8, 4) is 23.0 Å². The second-order valence-corrected chi connectivity index (χ2v) is 10.4. The van der Waals surface area contributed by atoms with Crippen LogP contribution >= 0.6 is 0 Å². The molecule has 16 nitrogen and oxygen atoms in total. The lowest BCUT2D eigenvalue weighted by Crippen LogP contribution is -2.21. The van der Waals surface area contributed by atoms with Gasteiger partial charge < -0.3 is 30.2 Å². The summed E-state index contributed by atoms with van der Waals surface area (Å²) in [6, 6.07) is 23.9. The van der Waals surface area contributed by atoms with E-state index in [0.717, 1.165) is 36.4 Å². The lowest BCUT2D eigenvalue weighted by molar-refractivity contribution is -0.385. The number of ether oxygens (including phenoxy) is 2. The number of benzene rings is 5. The van der Waals surface area contributed by atoms with Crippen LogP contribution in [0.15, 0.2) is 109 Å². The van der Waals surface area contributed by atoms with Crippen molar-refractivity contribution in [3.05, 3.63) is 157 Å². The zero-order chi connectivity index (χ0) is 35.9. The summed E-state index contributed by atoms with van der Waals surface area (Å²) in [6.45, 7) is 0. The molecule has 1 amide bonds. The number of anilines is 1. The van der Waals surface area contributed by atoms with Gasteiger partial charge in [0.2, 0.25) is 0 Å². The molecule has 0 aromatic heterocycles. The highest BCUT2D eigenvalue weighted by molar-refractivity contribution is 6.11. The van der Waals surface area contributed by atoms with E-state index >= 15 is 0 Å². The molecule has 0 aliphatic heterocycles. The number of nitrogens with zero attached hydrogens (tertiary/aromatic N) is 2. The summed E-state index contributed by atoms with van der Waals surface area (Å²) in [7, 11) is 0. The molecule has 0 bridgehead atoms. The van der Waals surface area contributed by atoms with Gasteiger partial charge in [-0.3, -0.25) is 25.0 Å². The number of nitrogens with one attached hydrogen (secondary N) is 2. The minimum Gasteiger partial charge on any atom is -0.478 e. The van der Waals surface area contributed by atoms with E-state index in [4.69, 9.17) is 9.47 Å². The summed E-state index contributed by atoms with van der Waals surface area (Å²) >= 11 is 0. The highest BCUT2D eigenvalue weighted by Gasteiger charge is 2.24. The van der Waals surface area contributed by atoms with Gasteiger partial charge in [0.25, 0.3) is 17.3 Å². The van der Waals surface area contributed by atoms with Crippen molar-refractivity contribution < 1.29 is 49.1 Å². The molecule has 1 unspecified atom stereocenters. The van der Waals surface area contributed by atoms with Gasteiger partial charge in [-0.1, -0.05) is 18.2 Å². The molecule has 5 N–H and O–H groups in total. The van der Waals surface area contributed by atoms with E-state index in [1.54, 1.807) is 48.5 Å². The molecule has 5 aromatic carbocycles. The first-order valence-electron chi connectivity index (χ1n) is 14.3. The Balaban J connectivity index is 1.26. The molecule has 0 aliphatic carbocycles. The Morgan fingerprint density at radius 2 is 1.14 bits per heavy atom. The van der Waals surface area contributed by atoms with Crippen LogP contribution in [0.2, 0.25) is 0 Å². The van der Waals surface area contributed by atoms with E-state index in [2.05, 4.69) is 5.32 Å². The van der Waals surface area contributed by atoms with Crippen LogP contribution in [0.1, 0.15) is 48.2 Å². The van der Waals surface area contributed by atoms with E-state index < -0.39 is 45.0 Å². The molecule has 5 aromatic rings. The summed E-state index contributed by atoms with van der Waals surface area (Å²) in [5, 5.41) is 53.7. The van der Waals surface area contributed by atoms with Crippen LogP contribution in [-0.4, -0.2) is 43.1 Å². The van der Waals surface area contributed by atoms with Gasteiger partial charge in [0.1, 0.15) is 23.0 Å². The molecule has 0 spiro atoms. The van der Waals surface area contributed by atoms with E-state index in [1.807, 2.05) is 5.48 Å². The number of aromatic carboxylic acids is 2. The average molecular weight is 681 g/mol. The van der Waals surface area contributed by atoms with Crippen LogP contribution in [0, 0.1) is 20.2 Å². The minimum absolute atomic E-state index is 0.0158. The molecular formula is C34H24N4O12. The molecular weight excluding hydrogens is 656 g/mol. The van der Waals surface area contributed by atoms with Crippen molar-refractivity contribution in [2.75, 3.05) is 5.32 Å². The summed E-state index contributed by atoms with van der Waals surface area (Å²) in [6.07, 6.45) is 0. The SMILES string of the molecule is O=C(O)c1ccc([N+](=O)[O-])cc1C(=O)Nc1ccc(Oc2cccc(Oc3ccc(C(NO)c4cc([N+](=O)[O-])ccc4C(=O)O)cc3)c2)cc1. The lowest BCUT2D eigenvalue weighted by atomic mass is 9.94. The first-order valence-corrected chi connectivity index (χ1v) is 14.3. The number of amides is 1. The van der Waals surface area contributed by atoms with Crippen LogP contribution in [0.4, 0.5) is 17.1 Å². The van der Waals surface area contributed by atoms with Crippen molar-refractivity contribution in [2.45, 2.75) is 6.04 Å². The van der Waals surface area contributed by atoms with Crippen molar-refractivity contribution in [3.63, 3.8) is 0 Å². The maximum Gasteiger partial charge on any atom is 0.336 e. The molecule has 50 heavy (non-hydrogen) atoms. The van der Waals surface area contributed by atoms with Crippen LogP contribution in [0.3, 0.4) is 0 Å². The number of hydroxylamine groups is 1. The number of nitro groups is 2.